The van der Waals surface area contributed by atoms with Crippen LogP contribution in [0.3, 0.4) is 0 Å². The number of nitro groups is 1. The van der Waals surface area contributed by atoms with Crippen molar-refractivity contribution in [2.45, 2.75) is 6.92 Å². The summed E-state index contributed by atoms with van der Waals surface area (Å²) in [5.41, 5.74) is 0.694. The minimum Gasteiger partial charge on any atom is -0.396 e. The monoisotopic (exact) mass is 279 g/mol. The Morgan fingerprint density at radius 3 is 2.80 bits per heavy atom. The van der Waals surface area contributed by atoms with E-state index in [9.17, 15) is 14.9 Å². The highest BCUT2D eigenvalue weighted by atomic mass is 16.6. The lowest BCUT2D eigenvalue weighted by Crippen LogP contribution is -2.48. The van der Waals surface area contributed by atoms with Gasteiger partial charge in [-0.05, 0) is 19.1 Å². The first-order valence-corrected chi connectivity index (χ1v) is 6.49. The maximum absolute atomic E-state index is 11.7. The van der Waals surface area contributed by atoms with E-state index < -0.39 is 4.92 Å². The average molecular weight is 279 g/mol. The molecule has 0 bridgehead atoms. The number of nitrogens with zero attached hydrogens (tertiary/aromatic N) is 2. The molecule has 7 heteroatoms. The number of hydrogen-bond acceptors (Lipinski definition) is 5. The fourth-order valence-electron chi connectivity index (χ4n) is 2.22. The minimum absolute atomic E-state index is 0.0786. The van der Waals surface area contributed by atoms with Crippen LogP contribution in [0.2, 0.25) is 0 Å². The van der Waals surface area contributed by atoms with E-state index in [0.29, 0.717) is 25.3 Å². The van der Waals surface area contributed by atoms with Gasteiger partial charge in [0.2, 0.25) is 0 Å². The molecule has 2 N–H and O–H groups in total. The zero-order valence-electron chi connectivity index (χ0n) is 11.2. The number of nitro benzene ring substituents is 1. The number of amides is 1. The van der Waals surface area contributed by atoms with Gasteiger partial charge in [0.15, 0.2) is 0 Å². The number of benzene rings is 1. The third-order valence-corrected chi connectivity index (χ3v) is 3.33. The van der Waals surface area contributed by atoms with Gasteiger partial charge in [-0.25, -0.2) is 0 Å². The predicted octanol–water partition coefficient (Wildman–Crippen LogP) is 0.773. The quantitative estimate of drug-likeness (QED) is 0.613. The number of carbonyl (C=O) groups is 1. The molecular formula is C13H17N3O4. The van der Waals surface area contributed by atoms with Crippen LogP contribution in [0.25, 0.3) is 0 Å². The van der Waals surface area contributed by atoms with Crippen molar-refractivity contribution in [1.29, 1.82) is 0 Å². The Morgan fingerprint density at radius 2 is 2.25 bits per heavy atom. The van der Waals surface area contributed by atoms with Gasteiger partial charge in [-0.2, -0.15) is 0 Å². The number of anilines is 1. The van der Waals surface area contributed by atoms with Gasteiger partial charge in [-0.3, -0.25) is 14.9 Å². The van der Waals surface area contributed by atoms with E-state index in [2.05, 4.69) is 5.32 Å². The molecule has 0 atom stereocenters. The van der Waals surface area contributed by atoms with E-state index >= 15 is 0 Å². The summed E-state index contributed by atoms with van der Waals surface area (Å²) in [5, 5.41) is 22.8. The molecule has 1 amide bonds. The number of aliphatic hydroxyl groups excluding tert-OH is 1. The molecule has 0 spiro atoms. The highest BCUT2D eigenvalue weighted by molar-refractivity contribution is 5.95. The smallest absolute Gasteiger partial charge is 0.293 e. The van der Waals surface area contributed by atoms with Crippen LogP contribution in [0.1, 0.15) is 17.3 Å². The summed E-state index contributed by atoms with van der Waals surface area (Å²) in [6, 6.07) is 4.47. The largest absolute Gasteiger partial charge is 0.396 e. The molecule has 20 heavy (non-hydrogen) atoms. The topological polar surface area (TPSA) is 95.7 Å². The number of aliphatic hydroxyl groups is 1. The first kappa shape index (κ1) is 14.3. The molecule has 1 aliphatic heterocycles. The average Bonchev–Trinajstić information content (AvgIpc) is 2.37. The van der Waals surface area contributed by atoms with E-state index in [1.807, 2.05) is 4.90 Å². The number of hydrogen-bond donors (Lipinski definition) is 2. The summed E-state index contributed by atoms with van der Waals surface area (Å²) < 4.78 is 0. The highest BCUT2D eigenvalue weighted by Gasteiger charge is 2.31. The zero-order valence-corrected chi connectivity index (χ0v) is 11.2. The van der Waals surface area contributed by atoms with Gasteiger partial charge in [-0.1, -0.05) is 0 Å². The summed E-state index contributed by atoms with van der Waals surface area (Å²) >= 11 is 0. The van der Waals surface area contributed by atoms with Crippen LogP contribution in [0.4, 0.5) is 11.4 Å². The zero-order chi connectivity index (χ0) is 14.7. The minimum atomic E-state index is -0.482. The molecular weight excluding hydrogens is 262 g/mol. The van der Waals surface area contributed by atoms with Gasteiger partial charge in [0.25, 0.3) is 11.6 Å². The van der Waals surface area contributed by atoms with E-state index in [0.717, 1.165) is 0 Å². The van der Waals surface area contributed by atoms with Crippen LogP contribution in [0.5, 0.6) is 0 Å². The summed E-state index contributed by atoms with van der Waals surface area (Å²) in [4.78, 5) is 24.2. The van der Waals surface area contributed by atoms with Crippen molar-refractivity contribution in [3.8, 4) is 0 Å². The van der Waals surface area contributed by atoms with Crippen molar-refractivity contribution in [3.05, 3.63) is 33.9 Å². The second kappa shape index (κ2) is 5.87. The number of carbonyl (C=O) groups excluding carboxylic acids is 1. The summed E-state index contributed by atoms with van der Waals surface area (Å²) in [7, 11) is 0. The molecule has 1 fully saturated rings. The molecule has 1 heterocycles. The Labute approximate surface area is 116 Å². The first-order valence-electron chi connectivity index (χ1n) is 6.49. The van der Waals surface area contributed by atoms with Crippen LogP contribution in [0, 0.1) is 16.0 Å². The first-order chi connectivity index (χ1) is 9.56. The van der Waals surface area contributed by atoms with Crippen LogP contribution in [-0.2, 0) is 0 Å². The molecule has 2 rings (SSSR count). The standard InChI is InChI=1S/C13H17N3O4/c1-2-14-13(18)10-3-4-11(12(5-10)16(19)20)15-6-9(7-15)8-17/h3-5,9,17H,2,6-8H2,1H3,(H,14,18). The molecule has 0 aliphatic carbocycles. The van der Waals surface area contributed by atoms with Crippen molar-refractivity contribution in [1.82, 2.24) is 5.32 Å². The third kappa shape index (κ3) is 2.72. The van der Waals surface area contributed by atoms with Crippen molar-refractivity contribution in [3.63, 3.8) is 0 Å². The van der Waals surface area contributed by atoms with Gasteiger partial charge in [-0.15, -0.1) is 0 Å². The Hall–Kier alpha value is -2.15. The SMILES string of the molecule is CCNC(=O)c1ccc(N2CC(CO)C2)c([N+](=O)[O-])c1. The van der Waals surface area contributed by atoms with Crippen molar-refractivity contribution < 1.29 is 14.8 Å². The van der Waals surface area contributed by atoms with Gasteiger partial charge < -0.3 is 15.3 Å². The van der Waals surface area contributed by atoms with Crippen LogP contribution < -0.4 is 10.2 Å². The molecule has 1 aromatic carbocycles. The predicted molar refractivity (Wildman–Crippen MR) is 73.9 cm³/mol. The Morgan fingerprint density at radius 1 is 1.55 bits per heavy atom. The fourth-order valence-corrected chi connectivity index (χ4v) is 2.22. The van der Waals surface area contributed by atoms with Crippen molar-refractivity contribution in [2.24, 2.45) is 5.92 Å². The van der Waals surface area contributed by atoms with E-state index in [4.69, 9.17) is 5.11 Å². The van der Waals surface area contributed by atoms with E-state index in [1.165, 1.54) is 6.07 Å². The molecule has 108 valence electrons. The van der Waals surface area contributed by atoms with Gasteiger partial charge >= 0.3 is 0 Å². The maximum atomic E-state index is 11.7. The summed E-state index contributed by atoms with van der Waals surface area (Å²) in [5.74, 6) is -0.156. The van der Waals surface area contributed by atoms with Crippen LogP contribution in [0.15, 0.2) is 18.2 Å². The molecule has 1 saturated heterocycles. The third-order valence-electron chi connectivity index (χ3n) is 3.33. The van der Waals surface area contributed by atoms with Crippen LogP contribution in [-0.4, -0.2) is 42.2 Å². The molecule has 0 saturated carbocycles. The molecule has 0 unspecified atom stereocenters. The lowest BCUT2D eigenvalue weighted by atomic mass is 9.99. The second-order valence-corrected chi connectivity index (χ2v) is 4.77. The molecule has 0 aromatic heterocycles. The maximum Gasteiger partial charge on any atom is 0.293 e. The van der Waals surface area contributed by atoms with Crippen molar-refractivity contribution in [2.75, 3.05) is 31.1 Å². The Bertz CT molecular complexity index is 526. The fraction of sp³-hybridized carbons (Fsp3) is 0.462. The van der Waals surface area contributed by atoms with Gasteiger partial charge in [0.1, 0.15) is 5.69 Å². The molecule has 0 radical (unpaired) electrons. The lowest BCUT2D eigenvalue weighted by molar-refractivity contribution is -0.384. The van der Waals surface area contributed by atoms with Crippen LogP contribution >= 0.6 is 0 Å². The van der Waals surface area contributed by atoms with E-state index in [1.54, 1.807) is 19.1 Å². The lowest BCUT2D eigenvalue weighted by Gasteiger charge is -2.39. The number of nitrogens with one attached hydrogen (secondary N) is 1. The molecule has 7 nitrogen and oxygen atoms in total. The Balaban J connectivity index is 2.25. The normalized spacial score (nSPS) is 14.8. The van der Waals surface area contributed by atoms with E-state index in [-0.39, 0.29) is 29.7 Å². The second-order valence-electron chi connectivity index (χ2n) is 4.77. The van der Waals surface area contributed by atoms with Gasteiger partial charge in [0.05, 0.1) is 4.92 Å². The van der Waals surface area contributed by atoms with Crippen molar-refractivity contribution >= 4 is 17.3 Å². The molecule has 1 aliphatic rings. The Kier molecular flexibility index (Phi) is 4.19. The highest BCUT2D eigenvalue weighted by Crippen LogP contribution is 2.33. The summed E-state index contributed by atoms with van der Waals surface area (Å²) in [6.45, 7) is 3.53. The van der Waals surface area contributed by atoms with Gasteiger partial charge in [0, 0.05) is 43.8 Å². The number of rotatable bonds is 5. The summed E-state index contributed by atoms with van der Waals surface area (Å²) in [6.07, 6.45) is 0. The molecule has 1 aromatic rings.